The first-order chi connectivity index (χ1) is 16.5. The highest BCUT2D eigenvalue weighted by Gasteiger charge is 2.33. The fourth-order valence-electron chi connectivity index (χ4n) is 4.91. The van der Waals surface area contributed by atoms with Gasteiger partial charge in [-0.1, -0.05) is 6.07 Å². The molecule has 35 heavy (non-hydrogen) atoms. The lowest BCUT2D eigenvalue weighted by Crippen LogP contribution is -2.49. The van der Waals surface area contributed by atoms with Crippen LogP contribution in [0.4, 0.5) is 11.5 Å². The Balaban J connectivity index is 1.37. The Kier molecular flexibility index (Phi) is 6.03. The number of pyridine rings is 1. The summed E-state index contributed by atoms with van der Waals surface area (Å²) in [5.74, 6) is 1.22. The average molecular weight is 519 g/mol. The summed E-state index contributed by atoms with van der Waals surface area (Å²) in [7, 11) is -7.23. The first-order valence-electron chi connectivity index (χ1n) is 11.9. The van der Waals surface area contributed by atoms with Crippen molar-refractivity contribution in [2.75, 3.05) is 53.9 Å². The van der Waals surface area contributed by atoms with E-state index in [1.807, 2.05) is 13.1 Å². The summed E-state index contributed by atoms with van der Waals surface area (Å²) >= 11 is 0. The van der Waals surface area contributed by atoms with Crippen molar-refractivity contribution in [3.63, 3.8) is 0 Å². The Bertz CT molecular complexity index is 1380. The van der Waals surface area contributed by atoms with E-state index >= 15 is 0 Å². The van der Waals surface area contributed by atoms with Crippen LogP contribution in [0.1, 0.15) is 46.7 Å². The molecule has 1 saturated carbocycles. The predicted molar refractivity (Wildman–Crippen MR) is 134 cm³/mol. The predicted octanol–water partition coefficient (Wildman–Crippen LogP) is 2.17. The fourth-order valence-corrected chi connectivity index (χ4v) is 7.36. The van der Waals surface area contributed by atoms with Gasteiger partial charge in [0.25, 0.3) is 5.91 Å². The number of carbonyl (C=O) groups is 1. The SMILES string of the molecule is Cc1cnc(N2CCN(C(=O)c3ccc(N4CCCS4(=O)=O)cc3S(C)(=O)=O)CC2)c(C2CC2)c1. The van der Waals surface area contributed by atoms with E-state index < -0.39 is 19.9 Å². The lowest BCUT2D eigenvalue weighted by atomic mass is 10.1. The van der Waals surface area contributed by atoms with Gasteiger partial charge in [-0.15, -0.1) is 0 Å². The monoisotopic (exact) mass is 518 g/mol. The van der Waals surface area contributed by atoms with Gasteiger partial charge >= 0.3 is 0 Å². The number of rotatable bonds is 5. The number of nitrogens with zero attached hydrogens (tertiary/aromatic N) is 4. The van der Waals surface area contributed by atoms with Crippen LogP contribution in [0.25, 0.3) is 0 Å². The second-order valence-electron chi connectivity index (χ2n) is 9.67. The van der Waals surface area contributed by atoms with Crippen molar-refractivity contribution in [1.29, 1.82) is 0 Å². The molecule has 3 aliphatic rings. The Morgan fingerprint density at radius 3 is 2.37 bits per heavy atom. The first-order valence-corrected chi connectivity index (χ1v) is 15.4. The standard InChI is InChI=1S/C24H30N4O5S2/c1-17-14-21(18-4-5-18)23(25-16-17)26-9-11-27(12-10-26)24(29)20-7-6-19(15-22(20)34(2,30)31)28-8-3-13-35(28,32)33/h6-7,14-16,18H,3-5,8-13H2,1-2H3. The van der Waals surface area contributed by atoms with Gasteiger partial charge in [0.15, 0.2) is 9.84 Å². The third-order valence-electron chi connectivity index (χ3n) is 6.90. The Morgan fingerprint density at radius 1 is 1.06 bits per heavy atom. The smallest absolute Gasteiger partial charge is 0.255 e. The molecule has 0 spiro atoms. The van der Waals surface area contributed by atoms with Crippen LogP contribution in [0.5, 0.6) is 0 Å². The number of hydrogen-bond donors (Lipinski definition) is 0. The van der Waals surface area contributed by atoms with Crippen molar-refractivity contribution in [3.05, 3.63) is 47.2 Å². The highest BCUT2D eigenvalue weighted by molar-refractivity contribution is 7.93. The van der Waals surface area contributed by atoms with Crippen molar-refractivity contribution in [2.45, 2.75) is 37.0 Å². The minimum atomic E-state index is -3.76. The molecule has 2 aliphatic heterocycles. The largest absolute Gasteiger partial charge is 0.353 e. The van der Waals surface area contributed by atoms with Crippen LogP contribution in [-0.4, -0.2) is 77.4 Å². The number of sulfonamides is 1. The number of carbonyl (C=O) groups excluding carboxylic acids is 1. The van der Waals surface area contributed by atoms with Crippen LogP contribution in [-0.2, 0) is 19.9 Å². The van der Waals surface area contributed by atoms with Gasteiger partial charge in [-0.25, -0.2) is 21.8 Å². The molecule has 0 atom stereocenters. The van der Waals surface area contributed by atoms with Gasteiger partial charge in [0.05, 0.1) is 21.9 Å². The zero-order valence-electron chi connectivity index (χ0n) is 20.0. The Hall–Kier alpha value is -2.66. The zero-order chi connectivity index (χ0) is 25.0. The van der Waals surface area contributed by atoms with E-state index in [9.17, 15) is 21.6 Å². The molecule has 0 N–H and O–H groups in total. The number of amides is 1. The van der Waals surface area contributed by atoms with E-state index in [0.717, 1.165) is 17.6 Å². The van der Waals surface area contributed by atoms with Crippen LogP contribution < -0.4 is 9.21 Å². The maximum atomic E-state index is 13.4. The van der Waals surface area contributed by atoms with Crippen molar-refractivity contribution in [3.8, 4) is 0 Å². The summed E-state index contributed by atoms with van der Waals surface area (Å²) < 4.78 is 51.0. The van der Waals surface area contributed by atoms with Crippen molar-refractivity contribution in [1.82, 2.24) is 9.88 Å². The van der Waals surface area contributed by atoms with Crippen molar-refractivity contribution in [2.24, 2.45) is 0 Å². The molecule has 1 amide bonds. The molecule has 11 heteroatoms. The van der Waals surface area contributed by atoms with Crippen LogP contribution in [0.15, 0.2) is 35.4 Å². The molecule has 2 saturated heterocycles. The van der Waals surface area contributed by atoms with E-state index in [1.54, 1.807) is 4.90 Å². The maximum Gasteiger partial charge on any atom is 0.255 e. The van der Waals surface area contributed by atoms with Gasteiger partial charge in [0, 0.05) is 45.2 Å². The highest BCUT2D eigenvalue weighted by atomic mass is 32.2. The topological polar surface area (TPSA) is 108 Å². The number of aryl methyl sites for hydroxylation is 1. The molecule has 1 aromatic carbocycles. The minimum absolute atomic E-state index is 0.0322. The molecule has 3 heterocycles. The Morgan fingerprint density at radius 2 is 1.77 bits per heavy atom. The summed E-state index contributed by atoms with van der Waals surface area (Å²) in [5.41, 5.74) is 2.77. The third kappa shape index (κ3) is 4.75. The lowest BCUT2D eigenvalue weighted by molar-refractivity contribution is 0.0742. The number of sulfone groups is 1. The molecule has 3 fully saturated rings. The van der Waals surface area contributed by atoms with Gasteiger partial charge in [-0.2, -0.15) is 0 Å². The van der Waals surface area contributed by atoms with E-state index in [0.29, 0.717) is 45.1 Å². The van der Waals surface area contributed by atoms with Gasteiger partial charge in [-0.05, 0) is 61.4 Å². The lowest BCUT2D eigenvalue weighted by Gasteiger charge is -2.36. The molecular weight excluding hydrogens is 488 g/mol. The molecular formula is C24H30N4O5S2. The molecule has 0 bridgehead atoms. The van der Waals surface area contributed by atoms with Gasteiger partial charge in [0.1, 0.15) is 5.82 Å². The van der Waals surface area contributed by atoms with Gasteiger partial charge in [-0.3, -0.25) is 9.10 Å². The highest BCUT2D eigenvalue weighted by Crippen LogP contribution is 2.44. The summed E-state index contributed by atoms with van der Waals surface area (Å²) in [6.07, 6.45) is 5.76. The second kappa shape index (κ2) is 8.77. The number of benzene rings is 1. The number of aromatic nitrogens is 1. The molecule has 0 radical (unpaired) electrons. The number of hydrogen-bond acceptors (Lipinski definition) is 7. The van der Waals surface area contributed by atoms with E-state index in [4.69, 9.17) is 0 Å². The third-order valence-corrected chi connectivity index (χ3v) is 9.90. The molecule has 0 unspecified atom stereocenters. The zero-order valence-corrected chi connectivity index (χ0v) is 21.6. The molecule has 2 aromatic rings. The van der Waals surface area contributed by atoms with Gasteiger partial charge in [0.2, 0.25) is 10.0 Å². The Labute approximate surface area is 206 Å². The molecule has 1 aromatic heterocycles. The van der Waals surface area contributed by atoms with E-state index in [-0.39, 0.29) is 27.8 Å². The normalized spacial score (nSPS) is 20.3. The summed E-state index contributed by atoms with van der Waals surface area (Å²) in [6.45, 7) is 4.47. The summed E-state index contributed by atoms with van der Waals surface area (Å²) in [6, 6.07) is 6.50. The molecule has 1 aliphatic carbocycles. The number of anilines is 2. The summed E-state index contributed by atoms with van der Waals surface area (Å²) in [4.78, 5) is 21.8. The van der Waals surface area contributed by atoms with E-state index in [2.05, 4.69) is 16.0 Å². The maximum absolute atomic E-state index is 13.4. The van der Waals surface area contributed by atoms with Gasteiger partial charge < -0.3 is 9.80 Å². The van der Waals surface area contributed by atoms with E-state index in [1.165, 1.54) is 40.9 Å². The van der Waals surface area contributed by atoms with Crippen LogP contribution in [0, 0.1) is 6.92 Å². The van der Waals surface area contributed by atoms with Crippen LogP contribution in [0.3, 0.4) is 0 Å². The second-order valence-corrected chi connectivity index (χ2v) is 13.7. The molecule has 188 valence electrons. The van der Waals surface area contributed by atoms with Crippen molar-refractivity contribution < 1.29 is 21.6 Å². The summed E-state index contributed by atoms with van der Waals surface area (Å²) in [5, 5.41) is 0. The van der Waals surface area contributed by atoms with Crippen LogP contribution >= 0.6 is 0 Å². The molecule has 5 rings (SSSR count). The van der Waals surface area contributed by atoms with Crippen LogP contribution in [0.2, 0.25) is 0 Å². The number of piperazine rings is 1. The minimum Gasteiger partial charge on any atom is -0.353 e. The molecule has 9 nitrogen and oxygen atoms in total. The van der Waals surface area contributed by atoms with Crippen molar-refractivity contribution >= 4 is 37.3 Å². The quantitative estimate of drug-likeness (QED) is 0.597. The average Bonchev–Trinajstić information content (AvgIpc) is 3.60. The fraction of sp³-hybridized carbons (Fsp3) is 0.500. The first kappa shape index (κ1) is 24.1.